The molecule has 0 N–H and O–H groups in total. The van der Waals surface area contributed by atoms with E-state index in [1.54, 1.807) is 11.6 Å². The Morgan fingerprint density at radius 1 is 1.62 bits per heavy atom. The van der Waals surface area contributed by atoms with Gasteiger partial charge in [0.2, 0.25) is 0 Å². The lowest BCUT2D eigenvalue weighted by molar-refractivity contribution is -0.297. The van der Waals surface area contributed by atoms with Gasteiger partial charge in [-0.1, -0.05) is 24.9 Å². The summed E-state index contributed by atoms with van der Waals surface area (Å²) in [5, 5.41) is 15.0. The van der Waals surface area contributed by atoms with E-state index in [-0.39, 0.29) is 0 Å². The summed E-state index contributed by atoms with van der Waals surface area (Å²) in [6, 6.07) is 0. The van der Waals surface area contributed by atoms with Crippen LogP contribution in [0.25, 0.3) is 6.08 Å². The number of carboxylic acids is 1. The van der Waals surface area contributed by atoms with E-state index in [4.69, 9.17) is 11.6 Å². The fourth-order valence-electron chi connectivity index (χ4n) is 1.36. The Morgan fingerprint density at radius 2 is 2.31 bits per heavy atom. The van der Waals surface area contributed by atoms with Crippen LogP contribution in [0.5, 0.6) is 0 Å². The Bertz CT molecular complexity index is 410. The SMILES string of the molecule is CCCCn1nc(C)c(/C=C/C(=O)[O-])c1Cl. The van der Waals surface area contributed by atoms with Crippen LogP contribution in [0, 0.1) is 6.92 Å². The molecule has 0 aromatic carbocycles. The van der Waals surface area contributed by atoms with Gasteiger partial charge < -0.3 is 9.90 Å². The number of nitrogens with zero attached hydrogens (tertiary/aromatic N) is 2. The van der Waals surface area contributed by atoms with Crippen molar-refractivity contribution in [3.63, 3.8) is 0 Å². The van der Waals surface area contributed by atoms with Gasteiger partial charge in [-0.05, 0) is 25.5 Å². The van der Waals surface area contributed by atoms with Gasteiger partial charge in [0.1, 0.15) is 5.15 Å². The van der Waals surface area contributed by atoms with Crippen molar-refractivity contribution in [1.29, 1.82) is 0 Å². The number of hydrogen-bond acceptors (Lipinski definition) is 3. The number of carbonyl (C=O) groups excluding carboxylic acids is 1. The molecule has 0 aliphatic carbocycles. The first-order chi connectivity index (χ1) is 7.56. The topological polar surface area (TPSA) is 58.0 Å². The van der Waals surface area contributed by atoms with Crippen molar-refractivity contribution in [1.82, 2.24) is 9.78 Å². The van der Waals surface area contributed by atoms with Crippen molar-refractivity contribution in [3.8, 4) is 0 Å². The van der Waals surface area contributed by atoms with E-state index >= 15 is 0 Å². The molecule has 0 bridgehead atoms. The zero-order valence-electron chi connectivity index (χ0n) is 9.36. The Labute approximate surface area is 99.5 Å². The molecule has 1 aromatic heterocycles. The van der Waals surface area contributed by atoms with Gasteiger partial charge in [0.05, 0.1) is 11.7 Å². The normalized spacial score (nSPS) is 11.2. The minimum Gasteiger partial charge on any atom is -0.545 e. The summed E-state index contributed by atoms with van der Waals surface area (Å²) in [6.07, 6.45) is 4.42. The second kappa shape index (κ2) is 5.70. The molecule has 0 fully saturated rings. The summed E-state index contributed by atoms with van der Waals surface area (Å²) in [4.78, 5) is 10.3. The first-order valence-electron chi connectivity index (χ1n) is 5.18. The highest BCUT2D eigenvalue weighted by atomic mass is 35.5. The summed E-state index contributed by atoms with van der Waals surface area (Å²) >= 11 is 6.08. The van der Waals surface area contributed by atoms with Crippen molar-refractivity contribution < 1.29 is 9.90 Å². The molecular formula is C11H14ClN2O2-. The van der Waals surface area contributed by atoms with Crippen molar-refractivity contribution in [3.05, 3.63) is 22.5 Å². The average molecular weight is 242 g/mol. The largest absolute Gasteiger partial charge is 0.545 e. The molecular weight excluding hydrogens is 228 g/mol. The number of aliphatic carboxylic acids is 1. The van der Waals surface area contributed by atoms with E-state index in [0.717, 1.165) is 31.2 Å². The second-order valence-electron chi connectivity index (χ2n) is 3.52. The molecule has 1 aromatic rings. The van der Waals surface area contributed by atoms with Gasteiger partial charge in [0.25, 0.3) is 0 Å². The number of halogens is 1. The van der Waals surface area contributed by atoms with E-state index in [0.29, 0.717) is 10.7 Å². The van der Waals surface area contributed by atoms with Gasteiger partial charge in [0, 0.05) is 12.1 Å². The van der Waals surface area contributed by atoms with Crippen molar-refractivity contribution in [2.75, 3.05) is 0 Å². The van der Waals surface area contributed by atoms with Crippen molar-refractivity contribution in [2.45, 2.75) is 33.2 Å². The lowest BCUT2D eigenvalue weighted by atomic mass is 10.2. The molecule has 0 aliphatic heterocycles. The summed E-state index contributed by atoms with van der Waals surface area (Å²) in [6.45, 7) is 4.62. The molecule has 0 spiro atoms. The van der Waals surface area contributed by atoms with E-state index < -0.39 is 5.97 Å². The van der Waals surface area contributed by atoms with Crippen LogP contribution in [-0.2, 0) is 11.3 Å². The molecule has 0 saturated carbocycles. The van der Waals surface area contributed by atoms with E-state index in [2.05, 4.69) is 12.0 Å². The van der Waals surface area contributed by atoms with Crippen LogP contribution < -0.4 is 5.11 Å². The Kier molecular flexibility index (Phi) is 4.55. The highest BCUT2D eigenvalue weighted by molar-refractivity contribution is 6.31. The van der Waals surface area contributed by atoms with Gasteiger partial charge in [0.15, 0.2) is 0 Å². The highest BCUT2D eigenvalue weighted by Gasteiger charge is 2.09. The fraction of sp³-hybridized carbons (Fsp3) is 0.455. The minimum atomic E-state index is -1.24. The van der Waals surface area contributed by atoms with Gasteiger partial charge in [-0.3, -0.25) is 4.68 Å². The molecule has 1 rings (SSSR count). The van der Waals surface area contributed by atoms with Gasteiger partial charge in [-0.15, -0.1) is 0 Å². The van der Waals surface area contributed by atoms with Crippen LogP contribution in [0.2, 0.25) is 5.15 Å². The molecule has 5 heteroatoms. The molecule has 4 nitrogen and oxygen atoms in total. The zero-order valence-corrected chi connectivity index (χ0v) is 10.1. The van der Waals surface area contributed by atoms with Gasteiger partial charge >= 0.3 is 0 Å². The number of aromatic nitrogens is 2. The molecule has 0 atom stereocenters. The predicted molar refractivity (Wildman–Crippen MR) is 60.9 cm³/mol. The highest BCUT2D eigenvalue weighted by Crippen LogP contribution is 2.21. The maximum absolute atomic E-state index is 10.3. The number of aryl methyl sites for hydroxylation is 2. The molecule has 0 amide bonds. The molecule has 0 radical (unpaired) electrons. The Hall–Kier alpha value is -1.29. The number of unbranched alkanes of at least 4 members (excludes halogenated alkanes) is 1. The third kappa shape index (κ3) is 3.10. The zero-order chi connectivity index (χ0) is 12.1. The maximum Gasteiger partial charge on any atom is 0.134 e. The van der Waals surface area contributed by atoms with Crippen LogP contribution in [-0.4, -0.2) is 15.7 Å². The van der Waals surface area contributed by atoms with Crippen LogP contribution in [0.3, 0.4) is 0 Å². The fourth-order valence-corrected chi connectivity index (χ4v) is 1.69. The average Bonchev–Trinajstić information content (AvgIpc) is 2.48. The third-order valence-electron chi connectivity index (χ3n) is 2.22. The summed E-state index contributed by atoms with van der Waals surface area (Å²) in [5.74, 6) is -1.24. The molecule has 88 valence electrons. The smallest absolute Gasteiger partial charge is 0.134 e. The summed E-state index contributed by atoms with van der Waals surface area (Å²) in [5.41, 5.74) is 1.36. The van der Waals surface area contributed by atoms with Crippen molar-refractivity contribution in [2.24, 2.45) is 0 Å². The van der Waals surface area contributed by atoms with Gasteiger partial charge in [-0.2, -0.15) is 5.10 Å². The number of rotatable bonds is 5. The van der Waals surface area contributed by atoms with Crippen LogP contribution in [0.4, 0.5) is 0 Å². The standard InChI is InChI=1S/C11H15ClN2O2/c1-3-4-7-14-11(12)9(8(2)13-14)5-6-10(15)16/h5-6H,3-4,7H2,1-2H3,(H,15,16)/p-1/b6-5+. The van der Waals surface area contributed by atoms with Gasteiger partial charge in [-0.25, -0.2) is 0 Å². The summed E-state index contributed by atoms with van der Waals surface area (Å²) in [7, 11) is 0. The monoisotopic (exact) mass is 241 g/mol. The van der Waals surface area contributed by atoms with Crippen LogP contribution >= 0.6 is 11.6 Å². The van der Waals surface area contributed by atoms with E-state index in [9.17, 15) is 9.90 Å². The first kappa shape index (κ1) is 12.8. The molecule has 1 heterocycles. The van der Waals surface area contributed by atoms with Crippen LogP contribution in [0.1, 0.15) is 31.0 Å². The second-order valence-corrected chi connectivity index (χ2v) is 3.88. The molecule has 0 saturated heterocycles. The van der Waals surface area contributed by atoms with Crippen LogP contribution in [0.15, 0.2) is 6.08 Å². The Morgan fingerprint density at radius 3 is 2.88 bits per heavy atom. The quantitative estimate of drug-likeness (QED) is 0.733. The van der Waals surface area contributed by atoms with Crippen molar-refractivity contribution >= 4 is 23.6 Å². The first-order valence-corrected chi connectivity index (χ1v) is 5.56. The third-order valence-corrected chi connectivity index (χ3v) is 2.62. The number of carbonyl (C=O) groups is 1. The Balaban J connectivity index is 2.93. The summed E-state index contributed by atoms with van der Waals surface area (Å²) < 4.78 is 1.69. The van der Waals surface area contributed by atoms with E-state index in [1.807, 2.05) is 0 Å². The molecule has 0 aliphatic rings. The molecule has 0 unspecified atom stereocenters. The number of carboxylic acid groups (broad SMARTS) is 1. The van der Waals surface area contributed by atoms with E-state index in [1.165, 1.54) is 6.08 Å². The molecule has 16 heavy (non-hydrogen) atoms. The minimum absolute atomic E-state index is 0.475. The lowest BCUT2D eigenvalue weighted by Gasteiger charge is -2.00. The maximum atomic E-state index is 10.3. The lowest BCUT2D eigenvalue weighted by Crippen LogP contribution is -2.18. The predicted octanol–water partition coefficient (Wildman–Crippen LogP) is 1.41. The number of hydrogen-bond donors (Lipinski definition) is 0.